The molecule has 2 N–H and O–H groups in total. The van der Waals surface area contributed by atoms with Crippen molar-refractivity contribution in [1.82, 2.24) is 4.98 Å². The lowest BCUT2D eigenvalue weighted by Gasteiger charge is -2.09. The van der Waals surface area contributed by atoms with E-state index in [0.29, 0.717) is 10.7 Å². The van der Waals surface area contributed by atoms with Gasteiger partial charge in [-0.15, -0.1) is 0 Å². The second-order valence-corrected chi connectivity index (χ2v) is 6.75. The van der Waals surface area contributed by atoms with Crippen LogP contribution in [0.3, 0.4) is 0 Å². The Hall–Kier alpha value is -3.05. The van der Waals surface area contributed by atoms with Crippen molar-refractivity contribution < 1.29 is 9.53 Å². The third-order valence-corrected chi connectivity index (χ3v) is 4.43. The molecule has 5 nitrogen and oxygen atoms in total. The molecule has 0 saturated carbocycles. The molecule has 1 heterocycles. The standard InChI is InChI=1S/C22H22ClN3O2/c1-28-20-4-2-3-16(13-20)11-12-24-21-10-9-19(15-25-21)26-22(27)14-17-5-7-18(23)8-6-17/h2-10,13,15H,11-12,14H2,1H3,(H,24,25)(H,26,27). The average Bonchev–Trinajstić information content (AvgIpc) is 2.71. The molecule has 0 aliphatic carbocycles. The zero-order valence-electron chi connectivity index (χ0n) is 15.6. The summed E-state index contributed by atoms with van der Waals surface area (Å²) >= 11 is 5.86. The molecule has 0 bridgehead atoms. The lowest BCUT2D eigenvalue weighted by molar-refractivity contribution is -0.115. The highest BCUT2D eigenvalue weighted by Crippen LogP contribution is 2.15. The molecule has 1 amide bonds. The molecule has 1 aromatic heterocycles. The van der Waals surface area contributed by atoms with Gasteiger partial charge in [-0.25, -0.2) is 4.98 Å². The third kappa shape index (κ3) is 5.99. The van der Waals surface area contributed by atoms with Crippen LogP contribution in [0.1, 0.15) is 11.1 Å². The van der Waals surface area contributed by atoms with E-state index in [2.05, 4.69) is 21.7 Å². The van der Waals surface area contributed by atoms with Gasteiger partial charge in [0.05, 0.1) is 25.4 Å². The summed E-state index contributed by atoms with van der Waals surface area (Å²) in [6.45, 7) is 0.752. The first-order chi connectivity index (χ1) is 13.6. The van der Waals surface area contributed by atoms with Crippen LogP contribution in [-0.2, 0) is 17.6 Å². The second kappa shape index (κ2) is 9.76. The smallest absolute Gasteiger partial charge is 0.228 e. The number of ether oxygens (including phenoxy) is 1. The van der Waals surface area contributed by atoms with Crippen LogP contribution in [0.5, 0.6) is 5.75 Å². The van der Waals surface area contributed by atoms with Gasteiger partial charge in [-0.05, 0) is 53.9 Å². The van der Waals surface area contributed by atoms with E-state index in [1.807, 2.05) is 42.5 Å². The predicted octanol–water partition coefficient (Wildman–Crippen LogP) is 4.58. The molecule has 3 aromatic rings. The molecular weight excluding hydrogens is 374 g/mol. The Labute approximate surface area is 169 Å². The topological polar surface area (TPSA) is 63.2 Å². The SMILES string of the molecule is COc1cccc(CCNc2ccc(NC(=O)Cc3ccc(Cl)cc3)cn2)c1. The number of hydrogen-bond acceptors (Lipinski definition) is 4. The Balaban J connectivity index is 1.46. The molecule has 144 valence electrons. The van der Waals surface area contributed by atoms with Crippen molar-refractivity contribution in [2.45, 2.75) is 12.8 Å². The van der Waals surface area contributed by atoms with Crippen LogP contribution in [0, 0.1) is 0 Å². The number of nitrogens with zero attached hydrogens (tertiary/aromatic N) is 1. The van der Waals surface area contributed by atoms with E-state index in [1.165, 1.54) is 5.56 Å². The highest BCUT2D eigenvalue weighted by molar-refractivity contribution is 6.30. The van der Waals surface area contributed by atoms with Gasteiger partial charge in [0.1, 0.15) is 11.6 Å². The number of hydrogen-bond donors (Lipinski definition) is 2. The van der Waals surface area contributed by atoms with Gasteiger partial charge < -0.3 is 15.4 Å². The maximum Gasteiger partial charge on any atom is 0.228 e. The third-order valence-electron chi connectivity index (χ3n) is 4.18. The zero-order chi connectivity index (χ0) is 19.8. The molecule has 28 heavy (non-hydrogen) atoms. The van der Waals surface area contributed by atoms with Gasteiger partial charge >= 0.3 is 0 Å². The number of nitrogens with one attached hydrogen (secondary N) is 2. The Morgan fingerprint density at radius 2 is 1.89 bits per heavy atom. The van der Waals surface area contributed by atoms with Gasteiger partial charge in [-0.3, -0.25) is 4.79 Å². The summed E-state index contributed by atoms with van der Waals surface area (Å²) in [6.07, 6.45) is 2.80. The Morgan fingerprint density at radius 3 is 2.61 bits per heavy atom. The summed E-state index contributed by atoms with van der Waals surface area (Å²) in [7, 11) is 1.66. The molecule has 2 aromatic carbocycles. The number of carbonyl (C=O) groups is 1. The van der Waals surface area contributed by atoms with Gasteiger partial charge in [0.2, 0.25) is 5.91 Å². The predicted molar refractivity (Wildman–Crippen MR) is 113 cm³/mol. The van der Waals surface area contributed by atoms with E-state index in [4.69, 9.17) is 16.3 Å². The fraction of sp³-hybridized carbons (Fsp3) is 0.182. The molecule has 0 aliphatic heterocycles. The van der Waals surface area contributed by atoms with Gasteiger partial charge in [0.25, 0.3) is 0 Å². The fourth-order valence-electron chi connectivity index (χ4n) is 2.73. The number of benzene rings is 2. The first kappa shape index (κ1) is 19.7. The first-order valence-electron chi connectivity index (χ1n) is 8.99. The normalized spacial score (nSPS) is 10.4. The van der Waals surface area contributed by atoms with Gasteiger partial charge in [-0.1, -0.05) is 35.9 Å². The number of aromatic nitrogens is 1. The lowest BCUT2D eigenvalue weighted by atomic mass is 10.1. The van der Waals surface area contributed by atoms with Crippen LogP contribution in [0.15, 0.2) is 66.9 Å². The fourth-order valence-corrected chi connectivity index (χ4v) is 2.85. The van der Waals surface area contributed by atoms with E-state index in [-0.39, 0.29) is 12.3 Å². The van der Waals surface area contributed by atoms with Crippen molar-refractivity contribution in [3.8, 4) is 5.75 Å². The first-order valence-corrected chi connectivity index (χ1v) is 9.37. The molecule has 0 saturated heterocycles. The van der Waals surface area contributed by atoms with Crippen molar-refractivity contribution in [1.29, 1.82) is 0 Å². The number of carbonyl (C=O) groups excluding carboxylic acids is 1. The molecule has 0 atom stereocenters. The van der Waals surface area contributed by atoms with Crippen LogP contribution in [-0.4, -0.2) is 24.5 Å². The van der Waals surface area contributed by atoms with Crippen LogP contribution in [0.25, 0.3) is 0 Å². The molecular formula is C22H22ClN3O2. The number of halogens is 1. The van der Waals surface area contributed by atoms with Crippen molar-refractivity contribution >= 4 is 29.0 Å². The monoisotopic (exact) mass is 395 g/mol. The van der Waals surface area contributed by atoms with E-state index < -0.39 is 0 Å². The number of methoxy groups -OCH3 is 1. The van der Waals surface area contributed by atoms with Crippen molar-refractivity contribution in [3.63, 3.8) is 0 Å². The quantitative estimate of drug-likeness (QED) is 0.586. The Morgan fingerprint density at radius 1 is 1.07 bits per heavy atom. The van der Waals surface area contributed by atoms with E-state index in [1.54, 1.807) is 25.4 Å². The van der Waals surface area contributed by atoms with Crippen LogP contribution < -0.4 is 15.4 Å². The van der Waals surface area contributed by atoms with Gasteiger partial charge in [-0.2, -0.15) is 0 Å². The second-order valence-electron chi connectivity index (χ2n) is 6.31. The van der Waals surface area contributed by atoms with Crippen molar-refractivity contribution in [2.75, 3.05) is 24.3 Å². The van der Waals surface area contributed by atoms with Crippen molar-refractivity contribution in [2.24, 2.45) is 0 Å². The summed E-state index contributed by atoms with van der Waals surface area (Å²) in [6, 6.07) is 18.9. The minimum absolute atomic E-state index is 0.0946. The molecule has 0 aliphatic rings. The summed E-state index contributed by atoms with van der Waals surface area (Å²) < 4.78 is 5.23. The van der Waals surface area contributed by atoms with Crippen LogP contribution in [0.4, 0.5) is 11.5 Å². The molecule has 3 rings (SSSR count). The van der Waals surface area contributed by atoms with E-state index in [0.717, 1.165) is 30.1 Å². The number of amides is 1. The van der Waals surface area contributed by atoms with E-state index in [9.17, 15) is 4.79 Å². The lowest BCUT2D eigenvalue weighted by Crippen LogP contribution is -2.14. The van der Waals surface area contributed by atoms with E-state index >= 15 is 0 Å². The maximum absolute atomic E-state index is 12.1. The van der Waals surface area contributed by atoms with Crippen molar-refractivity contribution in [3.05, 3.63) is 83.0 Å². The van der Waals surface area contributed by atoms with Crippen LogP contribution in [0.2, 0.25) is 5.02 Å². The molecule has 0 spiro atoms. The van der Waals surface area contributed by atoms with Gasteiger partial charge in [0, 0.05) is 11.6 Å². The summed E-state index contributed by atoms with van der Waals surface area (Å²) in [5.74, 6) is 1.52. The largest absolute Gasteiger partial charge is 0.497 e. The minimum Gasteiger partial charge on any atom is -0.497 e. The summed E-state index contributed by atoms with van der Waals surface area (Å²) in [5.41, 5.74) is 2.76. The molecule has 0 unspecified atom stereocenters. The van der Waals surface area contributed by atoms with Gasteiger partial charge in [0.15, 0.2) is 0 Å². The molecule has 6 heteroatoms. The van der Waals surface area contributed by atoms with Crippen LogP contribution >= 0.6 is 11.6 Å². The minimum atomic E-state index is -0.0946. The Kier molecular flexibility index (Phi) is 6.87. The maximum atomic E-state index is 12.1. The zero-order valence-corrected chi connectivity index (χ0v) is 16.4. The number of rotatable bonds is 8. The highest BCUT2D eigenvalue weighted by atomic mass is 35.5. The highest BCUT2D eigenvalue weighted by Gasteiger charge is 2.05. The summed E-state index contributed by atoms with van der Waals surface area (Å²) in [4.78, 5) is 16.5. The molecule has 0 radical (unpaired) electrons. The Bertz CT molecular complexity index is 912. The number of pyridine rings is 1. The molecule has 0 fully saturated rings. The average molecular weight is 396 g/mol. The number of anilines is 2. The summed E-state index contributed by atoms with van der Waals surface area (Å²) in [5, 5.41) is 6.79.